The Bertz CT molecular complexity index is 705. The van der Waals surface area contributed by atoms with Crippen molar-refractivity contribution in [2.45, 2.75) is 6.92 Å². The van der Waals surface area contributed by atoms with E-state index in [9.17, 15) is 0 Å². The Morgan fingerprint density at radius 2 is 2.19 bits per heavy atom. The average Bonchev–Trinajstić information content (AvgIpc) is 2.83. The molecule has 3 aromatic rings. The summed E-state index contributed by atoms with van der Waals surface area (Å²) in [4.78, 5) is 8.59. The molecular formula is C10H9N5S. The van der Waals surface area contributed by atoms with E-state index in [1.165, 1.54) is 5.56 Å². The van der Waals surface area contributed by atoms with Gasteiger partial charge in [0.2, 0.25) is 4.77 Å². The second kappa shape index (κ2) is 3.28. The SMILES string of the molecule is Cc1ccn2cc(-c3nc(=S)[nH][nH]3)nc2c1. The van der Waals surface area contributed by atoms with Gasteiger partial charge in [0.25, 0.3) is 0 Å². The summed E-state index contributed by atoms with van der Waals surface area (Å²) in [7, 11) is 0. The van der Waals surface area contributed by atoms with E-state index in [4.69, 9.17) is 12.2 Å². The topological polar surface area (TPSA) is 61.8 Å². The summed E-state index contributed by atoms with van der Waals surface area (Å²) in [6, 6.07) is 4.05. The van der Waals surface area contributed by atoms with Crippen LogP contribution in [-0.4, -0.2) is 24.6 Å². The van der Waals surface area contributed by atoms with Crippen LogP contribution in [0, 0.1) is 11.7 Å². The highest BCUT2D eigenvalue weighted by Gasteiger charge is 2.06. The minimum Gasteiger partial charge on any atom is -0.306 e. The summed E-state index contributed by atoms with van der Waals surface area (Å²) in [5.74, 6) is 0.659. The number of hydrogen-bond acceptors (Lipinski definition) is 3. The van der Waals surface area contributed by atoms with Crippen molar-refractivity contribution in [3.8, 4) is 11.5 Å². The molecule has 0 saturated heterocycles. The van der Waals surface area contributed by atoms with Crippen molar-refractivity contribution in [2.24, 2.45) is 0 Å². The Kier molecular flexibility index (Phi) is 1.90. The fraction of sp³-hybridized carbons (Fsp3) is 0.100. The lowest BCUT2D eigenvalue weighted by molar-refractivity contribution is 1.08. The van der Waals surface area contributed by atoms with Gasteiger partial charge in [-0.2, -0.15) is 4.98 Å². The van der Waals surface area contributed by atoms with Crippen LogP contribution in [0.1, 0.15) is 5.56 Å². The van der Waals surface area contributed by atoms with Crippen molar-refractivity contribution in [2.75, 3.05) is 0 Å². The molecule has 3 aromatic heterocycles. The maximum atomic E-state index is 4.90. The molecule has 0 spiro atoms. The number of nitrogens with zero attached hydrogens (tertiary/aromatic N) is 3. The van der Waals surface area contributed by atoms with Crippen LogP contribution in [0.4, 0.5) is 0 Å². The van der Waals surface area contributed by atoms with Crippen molar-refractivity contribution >= 4 is 17.9 Å². The van der Waals surface area contributed by atoms with E-state index in [0.29, 0.717) is 10.6 Å². The molecule has 16 heavy (non-hydrogen) atoms. The van der Waals surface area contributed by atoms with Crippen molar-refractivity contribution < 1.29 is 0 Å². The van der Waals surface area contributed by atoms with Crippen LogP contribution >= 0.6 is 12.2 Å². The number of rotatable bonds is 1. The third-order valence-electron chi connectivity index (χ3n) is 2.36. The smallest absolute Gasteiger partial charge is 0.213 e. The van der Waals surface area contributed by atoms with Crippen LogP contribution in [0.15, 0.2) is 24.5 Å². The van der Waals surface area contributed by atoms with E-state index in [1.807, 2.05) is 35.9 Å². The van der Waals surface area contributed by atoms with E-state index >= 15 is 0 Å². The van der Waals surface area contributed by atoms with Gasteiger partial charge >= 0.3 is 0 Å². The third kappa shape index (κ3) is 1.43. The summed E-state index contributed by atoms with van der Waals surface area (Å²) < 4.78 is 2.39. The van der Waals surface area contributed by atoms with Crippen LogP contribution < -0.4 is 0 Å². The molecule has 0 aliphatic rings. The standard InChI is InChI=1S/C10H9N5S/c1-6-2-3-15-5-7(11-8(15)4-6)9-12-10(16)14-13-9/h2-5H,1H3,(H2,12,13,14,16). The van der Waals surface area contributed by atoms with Crippen molar-refractivity contribution in [3.63, 3.8) is 0 Å². The zero-order valence-corrected chi connectivity index (χ0v) is 9.38. The molecule has 0 saturated carbocycles. The summed E-state index contributed by atoms with van der Waals surface area (Å²) >= 11 is 4.90. The van der Waals surface area contributed by atoms with Crippen LogP contribution in [0.3, 0.4) is 0 Å². The maximum absolute atomic E-state index is 4.90. The number of aromatic nitrogens is 5. The molecule has 6 heteroatoms. The van der Waals surface area contributed by atoms with E-state index in [1.54, 1.807) is 0 Å². The van der Waals surface area contributed by atoms with Gasteiger partial charge in [-0.15, -0.1) is 0 Å². The molecule has 0 radical (unpaired) electrons. The van der Waals surface area contributed by atoms with Gasteiger partial charge in [-0.05, 0) is 36.8 Å². The molecular weight excluding hydrogens is 222 g/mol. The Labute approximate surface area is 96.2 Å². The molecule has 80 valence electrons. The van der Waals surface area contributed by atoms with Gasteiger partial charge in [0.1, 0.15) is 11.3 Å². The van der Waals surface area contributed by atoms with Gasteiger partial charge in [0.05, 0.1) is 0 Å². The minimum absolute atomic E-state index is 0.434. The number of hydrogen-bond donors (Lipinski definition) is 2. The van der Waals surface area contributed by atoms with Crippen molar-refractivity contribution in [1.82, 2.24) is 24.6 Å². The third-order valence-corrected chi connectivity index (χ3v) is 2.55. The fourth-order valence-corrected chi connectivity index (χ4v) is 1.73. The fourth-order valence-electron chi connectivity index (χ4n) is 1.59. The lowest BCUT2D eigenvalue weighted by Gasteiger charge is -1.92. The van der Waals surface area contributed by atoms with Crippen LogP contribution in [0.25, 0.3) is 17.2 Å². The summed E-state index contributed by atoms with van der Waals surface area (Å²) in [6.07, 6.45) is 3.89. The summed E-state index contributed by atoms with van der Waals surface area (Å²) in [6.45, 7) is 2.04. The monoisotopic (exact) mass is 231 g/mol. The number of H-pyrrole nitrogens is 2. The van der Waals surface area contributed by atoms with Crippen molar-refractivity contribution in [1.29, 1.82) is 0 Å². The largest absolute Gasteiger partial charge is 0.306 e. The first kappa shape index (κ1) is 9.29. The predicted octanol–water partition coefficient (Wildman–Crippen LogP) is 2.09. The molecule has 3 rings (SSSR count). The van der Waals surface area contributed by atoms with E-state index < -0.39 is 0 Å². The van der Waals surface area contributed by atoms with E-state index in [2.05, 4.69) is 20.2 Å². The Morgan fingerprint density at radius 1 is 1.31 bits per heavy atom. The second-order valence-corrected chi connectivity index (χ2v) is 4.00. The van der Waals surface area contributed by atoms with Gasteiger partial charge in [0, 0.05) is 12.4 Å². The summed E-state index contributed by atoms with van der Waals surface area (Å²) in [5.41, 5.74) is 2.86. The molecule has 0 unspecified atom stereocenters. The minimum atomic E-state index is 0.434. The maximum Gasteiger partial charge on any atom is 0.213 e. The van der Waals surface area contributed by atoms with Gasteiger partial charge in [-0.3, -0.25) is 10.2 Å². The molecule has 0 aromatic carbocycles. The molecule has 0 aliphatic heterocycles. The van der Waals surface area contributed by atoms with Gasteiger partial charge in [-0.25, -0.2) is 4.98 Å². The number of imidazole rings is 1. The zero-order valence-electron chi connectivity index (χ0n) is 8.56. The highest BCUT2D eigenvalue weighted by molar-refractivity contribution is 7.71. The highest BCUT2D eigenvalue weighted by Crippen LogP contribution is 2.14. The first-order valence-corrected chi connectivity index (χ1v) is 5.23. The summed E-state index contributed by atoms with van der Waals surface area (Å²) in [5, 5.41) is 5.63. The predicted molar refractivity (Wildman–Crippen MR) is 62.7 cm³/mol. The van der Waals surface area contributed by atoms with Gasteiger partial charge in [0.15, 0.2) is 5.82 Å². The molecule has 0 amide bonds. The average molecular weight is 231 g/mol. The lowest BCUT2D eigenvalue weighted by atomic mass is 10.3. The van der Waals surface area contributed by atoms with Crippen LogP contribution in [0.2, 0.25) is 0 Å². The Hall–Kier alpha value is -1.95. The van der Waals surface area contributed by atoms with Crippen LogP contribution in [-0.2, 0) is 0 Å². The number of nitrogens with one attached hydrogen (secondary N) is 2. The van der Waals surface area contributed by atoms with Crippen molar-refractivity contribution in [3.05, 3.63) is 34.9 Å². The molecule has 3 heterocycles. The first-order valence-electron chi connectivity index (χ1n) is 4.83. The molecule has 5 nitrogen and oxygen atoms in total. The lowest BCUT2D eigenvalue weighted by Crippen LogP contribution is -1.81. The highest BCUT2D eigenvalue weighted by atomic mass is 32.1. The molecule has 0 bridgehead atoms. The quantitative estimate of drug-likeness (QED) is 0.630. The Balaban J connectivity index is 2.22. The molecule has 0 atom stereocenters. The van der Waals surface area contributed by atoms with Crippen LogP contribution in [0.5, 0.6) is 0 Å². The van der Waals surface area contributed by atoms with Gasteiger partial charge < -0.3 is 4.40 Å². The number of aryl methyl sites for hydroxylation is 1. The molecule has 0 fully saturated rings. The molecule has 0 aliphatic carbocycles. The Morgan fingerprint density at radius 3 is 2.94 bits per heavy atom. The number of fused-ring (bicyclic) bond motifs is 1. The molecule has 2 N–H and O–H groups in total. The zero-order chi connectivity index (χ0) is 11.1. The van der Waals surface area contributed by atoms with Gasteiger partial charge in [-0.1, -0.05) is 0 Å². The van der Waals surface area contributed by atoms with E-state index in [0.717, 1.165) is 11.3 Å². The second-order valence-electron chi connectivity index (χ2n) is 3.61. The number of aromatic amines is 2. The first-order chi connectivity index (χ1) is 7.72. The normalized spacial score (nSPS) is 11.1. The number of pyridine rings is 1. The van der Waals surface area contributed by atoms with E-state index in [-0.39, 0.29) is 0 Å².